The van der Waals surface area contributed by atoms with Gasteiger partial charge in [0.2, 0.25) is 5.91 Å². The second-order valence-electron chi connectivity index (χ2n) is 6.62. The highest BCUT2D eigenvalue weighted by Gasteiger charge is 2.35. The minimum atomic E-state index is -0.408. The number of allylic oxidation sites excluding steroid dienone is 2. The van der Waals surface area contributed by atoms with Gasteiger partial charge in [-0.1, -0.05) is 36.8 Å². The molecule has 0 aliphatic heterocycles. The zero-order chi connectivity index (χ0) is 17.7. The highest BCUT2D eigenvalue weighted by Crippen LogP contribution is 2.29. The average Bonchev–Trinajstić information content (AvgIpc) is 2.57. The Bertz CT molecular complexity index is 636. The lowest BCUT2D eigenvalue weighted by molar-refractivity contribution is -0.157. The summed E-state index contributed by atoms with van der Waals surface area (Å²) >= 11 is 0. The Kier molecular flexibility index (Phi) is 6.18. The molecule has 24 heavy (non-hydrogen) atoms. The molecule has 4 heteroatoms. The van der Waals surface area contributed by atoms with Crippen LogP contribution in [0.1, 0.15) is 44.2 Å². The zero-order valence-electron chi connectivity index (χ0n) is 15.0. The van der Waals surface area contributed by atoms with Gasteiger partial charge in [0.25, 0.3) is 0 Å². The van der Waals surface area contributed by atoms with Crippen LogP contribution in [0.2, 0.25) is 0 Å². The quantitative estimate of drug-likeness (QED) is 0.652. The maximum Gasteiger partial charge on any atom is 0.310 e. The molecule has 4 nitrogen and oxygen atoms in total. The Morgan fingerprint density at radius 1 is 1.21 bits per heavy atom. The topological polar surface area (TPSA) is 55.4 Å². The SMILES string of the molecule is CC[C@H](C)OC(=O)[C@@H]1CC=CC[C@@H]1C(=O)Nc1ccc(C)cc1C. The van der Waals surface area contributed by atoms with E-state index >= 15 is 0 Å². The first-order valence-electron chi connectivity index (χ1n) is 8.66. The normalized spacial score (nSPS) is 21.2. The molecule has 130 valence electrons. The van der Waals surface area contributed by atoms with Gasteiger partial charge in [0.05, 0.1) is 17.9 Å². The van der Waals surface area contributed by atoms with E-state index < -0.39 is 5.92 Å². The molecule has 0 spiro atoms. The van der Waals surface area contributed by atoms with Gasteiger partial charge >= 0.3 is 5.97 Å². The van der Waals surface area contributed by atoms with Crippen molar-refractivity contribution in [3.8, 4) is 0 Å². The third-order valence-electron chi connectivity index (χ3n) is 4.60. The fourth-order valence-corrected chi connectivity index (χ4v) is 2.91. The van der Waals surface area contributed by atoms with E-state index in [0.717, 1.165) is 23.2 Å². The Labute approximate surface area is 144 Å². The molecule has 1 aliphatic rings. The van der Waals surface area contributed by atoms with Crippen molar-refractivity contribution in [2.75, 3.05) is 5.32 Å². The van der Waals surface area contributed by atoms with Gasteiger partial charge in [0, 0.05) is 5.69 Å². The van der Waals surface area contributed by atoms with E-state index in [0.29, 0.717) is 12.8 Å². The molecule has 2 rings (SSSR count). The molecule has 0 heterocycles. The van der Waals surface area contributed by atoms with Gasteiger partial charge in [-0.3, -0.25) is 9.59 Å². The number of carbonyl (C=O) groups is 2. The summed E-state index contributed by atoms with van der Waals surface area (Å²) in [7, 11) is 0. The number of ether oxygens (including phenoxy) is 1. The number of esters is 1. The number of carbonyl (C=O) groups excluding carboxylic acids is 2. The van der Waals surface area contributed by atoms with E-state index in [1.54, 1.807) is 0 Å². The number of nitrogens with one attached hydrogen (secondary N) is 1. The van der Waals surface area contributed by atoms with E-state index in [-0.39, 0.29) is 23.9 Å². The first kappa shape index (κ1) is 18.2. The lowest BCUT2D eigenvalue weighted by atomic mass is 9.82. The second kappa shape index (κ2) is 8.13. The summed E-state index contributed by atoms with van der Waals surface area (Å²) in [5.41, 5.74) is 2.98. The molecule has 1 aromatic carbocycles. The number of hydrogen-bond acceptors (Lipinski definition) is 3. The number of aryl methyl sites for hydroxylation is 2. The first-order chi connectivity index (χ1) is 11.4. The number of benzene rings is 1. The van der Waals surface area contributed by atoms with E-state index in [4.69, 9.17) is 4.74 Å². The molecule has 1 aromatic rings. The number of hydrogen-bond donors (Lipinski definition) is 1. The molecule has 0 bridgehead atoms. The highest BCUT2D eigenvalue weighted by atomic mass is 16.5. The summed E-state index contributed by atoms with van der Waals surface area (Å²) in [6.45, 7) is 7.84. The molecule has 0 saturated heterocycles. The minimum Gasteiger partial charge on any atom is -0.462 e. The van der Waals surface area contributed by atoms with Crippen LogP contribution in [-0.2, 0) is 14.3 Å². The average molecular weight is 329 g/mol. The standard InChI is InChI=1S/C20H27NO3/c1-5-15(4)24-20(23)17-9-7-6-8-16(17)19(22)21-18-11-10-13(2)12-14(18)3/h6-7,10-12,15-17H,5,8-9H2,1-4H3,(H,21,22)/t15-,16-,17+/m0/s1. The Balaban J connectivity index is 2.10. The van der Waals surface area contributed by atoms with Crippen LogP contribution < -0.4 is 5.32 Å². The van der Waals surface area contributed by atoms with Gasteiger partial charge in [0.15, 0.2) is 0 Å². The maximum absolute atomic E-state index is 12.7. The van der Waals surface area contributed by atoms with Crippen molar-refractivity contribution in [2.45, 2.75) is 53.1 Å². The van der Waals surface area contributed by atoms with E-state index in [1.165, 1.54) is 0 Å². The lowest BCUT2D eigenvalue weighted by Crippen LogP contribution is -2.36. The zero-order valence-corrected chi connectivity index (χ0v) is 15.0. The molecular formula is C20H27NO3. The van der Waals surface area contributed by atoms with Crippen LogP contribution in [0, 0.1) is 25.7 Å². The summed E-state index contributed by atoms with van der Waals surface area (Å²) in [6.07, 6.45) is 5.71. The van der Waals surface area contributed by atoms with Crippen LogP contribution in [0.3, 0.4) is 0 Å². The monoisotopic (exact) mass is 329 g/mol. The van der Waals surface area contributed by atoms with Crippen molar-refractivity contribution in [3.05, 3.63) is 41.5 Å². The minimum absolute atomic E-state index is 0.114. The first-order valence-corrected chi connectivity index (χ1v) is 8.66. The van der Waals surface area contributed by atoms with Crippen LogP contribution in [-0.4, -0.2) is 18.0 Å². The molecule has 0 saturated carbocycles. The smallest absolute Gasteiger partial charge is 0.310 e. The van der Waals surface area contributed by atoms with Gasteiger partial charge < -0.3 is 10.1 Å². The lowest BCUT2D eigenvalue weighted by Gasteiger charge is -2.27. The summed E-state index contributed by atoms with van der Waals surface area (Å²) in [4.78, 5) is 25.1. The molecule has 0 radical (unpaired) electrons. The molecule has 0 aromatic heterocycles. The third kappa shape index (κ3) is 4.47. The van der Waals surface area contributed by atoms with Crippen LogP contribution in [0.5, 0.6) is 0 Å². The largest absolute Gasteiger partial charge is 0.462 e. The van der Waals surface area contributed by atoms with Crippen molar-refractivity contribution in [2.24, 2.45) is 11.8 Å². The number of amides is 1. The number of anilines is 1. The summed E-state index contributed by atoms with van der Waals surface area (Å²) in [5, 5.41) is 2.98. The Morgan fingerprint density at radius 3 is 2.50 bits per heavy atom. The Morgan fingerprint density at radius 2 is 1.88 bits per heavy atom. The molecule has 1 N–H and O–H groups in total. The van der Waals surface area contributed by atoms with E-state index in [2.05, 4.69) is 5.32 Å². The number of rotatable bonds is 5. The fourth-order valence-electron chi connectivity index (χ4n) is 2.91. The van der Waals surface area contributed by atoms with E-state index in [9.17, 15) is 9.59 Å². The molecular weight excluding hydrogens is 302 g/mol. The van der Waals surface area contributed by atoms with Gasteiger partial charge in [0.1, 0.15) is 0 Å². The van der Waals surface area contributed by atoms with Gasteiger partial charge in [-0.25, -0.2) is 0 Å². The van der Waals surface area contributed by atoms with Crippen LogP contribution in [0.25, 0.3) is 0 Å². The van der Waals surface area contributed by atoms with Gasteiger partial charge in [-0.2, -0.15) is 0 Å². The van der Waals surface area contributed by atoms with Gasteiger partial charge in [-0.05, 0) is 51.7 Å². The van der Waals surface area contributed by atoms with Crippen molar-refractivity contribution in [1.29, 1.82) is 0 Å². The van der Waals surface area contributed by atoms with Crippen LogP contribution in [0.4, 0.5) is 5.69 Å². The summed E-state index contributed by atoms with van der Waals surface area (Å²) in [5.74, 6) is -1.17. The van der Waals surface area contributed by atoms with Crippen molar-refractivity contribution < 1.29 is 14.3 Å². The van der Waals surface area contributed by atoms with Crippen LogP contribution >= 0.6 is 0 Å². The summed E-state index contributed by atoms with van der Waals surface area (Å²) < 4.78 is 5.46. The van der Waals surface area contributed by atoms with Crippen molar-refractivity contribution in [1.82, 2.24) is 0 Å². The summed E-state index contributed by atoms with van der Waals surface area (Å²) in [6, 6.07) is 5.91. The van der Waals surface area contributed by atoms with Crippen molar-refractivity contribution >= 4 is 17.6 Å². The molecule has 3 atom stereocenters. The van der Waals surface area contributed by atoms with Gasteiger partial charge in [-0.15, -0.1) is 0 Å². The molecule has 1 amide bonds. The third-order valence-corrected chi connectivity index (χ3v) is 4.60. The van der Waals surface area contributed by atoms with E-state index in [1.807, 2.05) is 58.0 Å². The predicted octanol–water partition coefficient (Wildman–Crippen LogP) is 4.17. The predicted molar refractivity (Wildman–Crippen MR) is 95.7 cm³/mol. The molecule has 0 fully saturated rings. The maximum atomic E-state index is 12.7. The van der Waals surface area contributed by atoms with Crippen LogP contribution in [0.15, 0.2) is 30.4 Å². The fraction of sp³-hybridized carbons (Fsp3) is 0.500. The Hall–Kier alpha value is -2.10. The van der Waals surface area contributed by atoms with Crippen molar-refractivity contribution in [3.63, 3.8) is 0 Å². The molecule has 0 unspecified atom stereocenters. The molecule has 1 aliphatic carbocycles. The highest BCUT2D eigenvalue weighted by molar-refractivity contribution is 5.96. The second-order valence-corrected chi connectivity index (χ2v) is 6.62.